The van der Waals surface area contributed by atoms with Gasteiger partial charge < -0.3 is 8.60 Å². The van der Waals surface area contributed by atoms with Gasteiger partial charge in [-0.1, -0.05) is 15.9 Å². The Hall–Kier alpha value is 0.270. The van der Waals surface area contributed by atoms with E-state index in [1.54, 1.807) is 22.6 Å². The zero-order valence-corrected chi connectivity index (χ0v) is 14.4. The maximum Gasteiger partial charge on any atom is 0.379 e. The first kappa shape index (κ1) is 13.7. The first-order valence-electron chi connectivity index (χ1n) is 4.42. The van der Waals surface area contributed by atoms with Gasteiger partial charge in [0, 0.05) is 21.2 Å². The molecule has 0 radical (unpaired) electrons. The highest BCUT2D eigenvalue weighted by Crippen LogP contribution is 2.34. The normalized spacial score (nSPS) is 10.8. The third kappa shape index (κ3) is 3.18. The third-order valence-corrected chi connectivity index (χ3v) is 4.45. The third-order valence-electron chi connectivity index (χ3n) is 2.05. The number of benzene rings is 1. The molecule has 0 saturated heterocycles. The summed E-state index contributed by atoms with van der Waals surface area (Å²) in [4.78, 5) is 11.6. The van der Waals surface area contributed by atoms with E-state index >= 15 is 0 Å². The Labute approximate surface area is 132 Å². The molecule has 1 aromatic carbocycles. The number of hydrogen-bond donors (Lipinski definition) is 0. The van der Waals surface area contributed by atoms with Crippen LogP contribution in [-0.2, 0) is 9.51 Å². The minimum absolute atomic E-state index is 0.346. The molecule has 17 heavy (non-hydrogen) atoms. The maximum atomic E-state index is 10.7. The molecular formula is C10H5Br2IO3S. The molecule has 0 aliphatic carbocycles. The van der Waals surface area contributed by atoms with Gasteiger partial charge in [0.2, 0.25) is 0 Å². The van der Waals surface area contributed by atoms with Crippen LogP contribution in [0.15, 0.2) is 32.2 Å². The molecule has 0 saturated carbocycles. The van der Waals surface area contributed by atoms with E-state index in [1.807, 2.05) is 18.2 Å². The molecule has 0 unspecified atom stereocenters. The molecule has 0 atom stereocenters. The highest BCUT2D eigenvalue weighted by atomic mass is 127. The van der Waals surface area contributed by atoms with Crippen LogP contribution in [0.2, 0.25) is 0 Å². The van der Waals surface area contributed by atoms with Gasteiger partial charge in [-0.25, -0.2) is 4.79 Å². The van der Waals surface area contributed by atoms with Crippen LogP contribution in [0.25, 0.3) is 11.0 Å². The number of alkyl halides is 1. The van der Waals surface area contributed by atoms with E-state index in [0.29, 0.717) is 5.33 Å². The zero-order valence-electron chi connectivity index (χ0n) is 8.21. The van der Waals surface area contributed by atoms with Crippen LogP contribution >= 0.6 is 66.5 Å². The van der Waals surface area contributed by atoms with Crippen molar-refractivity contribution in [2.75, 3.05) is 0 Å². The fourth-order valence-corrected chi connectivity index (χ4v) is 3.54. The van der Waals surface area contributed by atoms with E-state index in [-0.39, 0.29) is 3.98 Å². The summed E-state index contributed by atoms with van der Waals surface area (Å²) in [5, 5.41) is 1.70. The molecule has 1 aromatic heterocycles. The molecule has 0 amide bonds. The van der Waals surface area contributed by atoms with Crippen LogP contribution in [0.1, 0.15) is 5.56 Å². The monoisotopic (exact) mass is 490 g/mol. The van der Waals surface area contributed by atoms with Crippen molar-refractivity contribution in [3.8, 4) is 0 Å². The number of hydrogen-bond acceptors (Lipinski definition) is 4. The standard InChI is InChI=1S/C10H5Br2IO3S/c11-4-7-6-3-5(17-16-10(13)14)1-2-8(6)15-9(7)12/h1-3H,4H2. The predicted octanol–water partition coefficient (Wildman–Crippen LogP) is 5.67. The van der Waals surface area contributed by atoms with Crippen molar-refractivity contribution in [3.05, 3.63) is 28.4 Å². The summed E-state index contributed by atoms with van der Waals surface area (Å²) in [7, 11) is 0. The van der Waals surface area contributed by atoms with E-state index in [9.17, 15) is 4.79 Å². The fraction of sp³-hybridized carbons (Fsp3) is 0.100. The van der Waals surface area contributed by atoms with Crippen molar-refractivity contribution in [1.29, 1.82) is 0 Å². The average molecular weight is 492 g/mol. The van der Waals surface area contributed by atoms with Crippen molar-refractivity contribution in [2.24, 2.45) is 0 Å². The quantitative estimate of drug-likeness (QED) is 0.240. The van der Waals surface area contributed by atoms with Crippen molar-refractivity contribution < 1.29 is 13.4 Å². The first-order chi connectivity index (χ1) is 8.11. The second kappa shape index (κ2) is 5.94. The number of furan rings is 1. The maximum absolute atomic E-state index is 10.7. The molecule has 0 fully saturated rings. The van der Waals surface area contributed by atoms with Crippen molar-refractivity contribution in [2.45, 2.75) is 10.2 Å². The van der Waals surface area contributed by atoms with E-state index in [1.165, 1.54) is 0 Å². The Balaban J connectivity index is 2.38. The summed E-state index contributed by atoms with van der Waals surface area (Å²) in [6.07, 6.45) is 0. The Morgan fingerprint density at radius 2 is 2.29 bits per heavy atom. The first-order valence-corrected chi connectivity index (χ1v) is 8.16. The zero-order chi connectivity index (χ0) is 12.4. The van der Waals surface area contributed by atoms with Crippen molar-refractivity contribution in [1.82, 2.24) is 0 Å². The van der Waals surface area contributed by atoms with Gasteiger partial charge in [0.25, 0.3) is 0 Å². The molecule has 0 aliphatic heterocycles. The molecule has 3 nitrogen and oxygen atoms in total. The van der Waals surface area contributed by atoms with Gasteiger partial charge in [-0.3, -0.25) is 0 Å². The van der Waals surface area contributed by atoms with Gasteiger partial charge in [-0.15, -0.1) is 0 Å². The molecule has 2 rings (SSSR count). The second-order valence-corrected chi connectivity index (χ2v) is 6.02. The van der Waals surface area contributed by atoms with E-state index < -0.39 is 0 Å². The number of halogens is 3. The number of rotatable bonds is 3. The van der Waals surface area contributed by atoms with Gasteiger partial charge in [0.1, 0.15) is 5.58 Å². The van der Waals surface area contributed by atoms with Crippen LogP contribution in [0.3, 0.4) is 0 Å². The van der Waals surface area contributed by atoms with Crippen molar-refractivity contribution >= 4 is 81.4 Å². The van der Waals surface area contributed by atoms with Crippen molar-refractivity contribution in [3.63, 3.8) is 0 Å². The van der Waals surface area contributed by atoms with E-state index in [0.717, 1.165) is 38.1 Å². The summed E-state index contributed by atoms with van der Waals surface area (Å²) in [5.74, 6) is 0. The topological polar surface area (TPSA) is 39.4 Å². The molecule has 90 valence electrons. The van der Waals surface area contributed by atoms with Crippen LogP contribution in [0.4, 0.5) is 4.79 Å². The smallest absolute Gasteiger partial charge is 0.379 e. The minimum atomic E-state index is -0.346. The molecule has 0 spiro atoms. The Morgan fingerprint density at radius 1 is 1.53 bits per heavy atom. The largest absolute Gasteiger partial charge is 0.449 e. The Bertz CT molecular complexity index is 570. The molecule has 2 aromatic rings. The highest BCUT2D eigenvalue weighted by Gasteiger charge is 2.12. The lowest BCUT2D eigenvalue weighted by molar-refractivity contribution is 0.237. The lowest BCUT2D eigenvalue weighted by atomic mass is 10.2. The summed E-state index contributed by atoms with van der Waals surface area (Å²) in [5.41, 5.74) is 1.85. The lowest BCUT2D eigenvalue weighted by Crippen LogP contribution is -1.82. The Morgan fingerprint density at radius 3 is 2.94 bits per heavy atom. The van der Waals surface area contributed by atoms with Gasteiger partial charge in [-0.2, -0.15) is 0 Å². The number of carbonyl (C=O) groups is 1. The van der Waals surface area contributed by atoms with Crippen LogP contribution in [-0.4, -0.2) is 3.98 Å². The molecule has 0 N–H and O–H groups in total. The van der Waals surface area contributed by atoms with Gasteiger partial charge in [0.05, 0.1) is 34.6 Å². The van der Waals surface area contributed by atoms with Gasteiger partial charge in [0.15, 0.2) is 4.67 Å². The molecule has 0 aliphatic rings. The van der Waals surface area contributed by atoms with Gasteiger partial charge >= 0.3 is 3.98 Å². The SMILES string of the molecule is O=C(I)OSc1ccc2oc(Br)c(CBr)c2c1. The van der Waals surface area contributed by atoms with Gasteiger partial charge in [-0.05, 0) is 34.1 Å². The number of fused-ring (bicyclic) bond motifs is 1. The summed E-state index contributed by atoms with van der Waals surface area (Å²) in [6, 6.07) is 5.64. The Kier molecular flexibility index (Phi) is 4.79. The lowest BCUT2D eigenvalue weighted by Gasteiger charge is -1.99. The average Bonchev–Trinajstić information content (AvgIpc) is 2.61. The van der Waals surface area contributed by atoms with Crippen LogP contribution in [0, 0.1) is 0 Å². The molecule has 7 heteroatoms. The van der Waals surface area contributed by atoms with E-state index in [4.69, 9.17) is 8.60 Å². The fourth-order valence-electron chi connectivity index (χ4n) is 1.36. The second-order valence-electron chi connectivity index (χ2n) is 3.05. The number of carbonyl (C=O) groups excluding carboxylic acids is 1. The summed E-state index contributed by atoms with van der Waals surface area (Å²) < 4.78 is 10.8. The molecule has 1 heterocycles. The summed E-state index contributed by atoms with van der Waals surface area (Å²) in [6.45, 7) is 0. The minimum Gasteiger partial charge on any atom is -0.449 e. The molecular weight excluding hydrogens is 487 g/mol. The predicted molar refractivity (Wildman–Crippen MR) is 82.9 cm³/mol. The van der Waals surface area contributed by atoms with Crippen LogP contribution in [0.5, 0.6) is 0 Å². The summed E-state index contributed by atoms with van der Waals surface area (Å²) >= 11 is 9.41. The molecule has 0 bridgehead atoms. The highest BCUT2D eigenvalue weighted by molar-refractivity contribution is 14.1. The van der Waals surface area contributed by atoms with E-state index in [2.05, 4.69) is 31.9 Å². The van der Waals surface area contributed by atoms with Crippen LogP contribution < -0.4 is 0 Å².